The lowest BCUT2D eigenvalue weighted by atomic mass is 10.1. The normalized spacial score (nSPS) is 8.31. The van der Waals surface area contributed by atoms with Gasteiger partial charge in [-0.25, -0.2) is 0 Å². The fourth-order valence-electron chi connectivity index (χ4n) is 0.939. The molecule has 1 rings (SSSR count). The summed E-state index contributed by atoms with van der Waals surface area (Å²) in [5, 5.41) is 8.43. The summed E-state index contributed by atoms with van der Waals surface area (Å²) < 4.78 is 0. The zero-order valence-corrected chi connectivity index (χ0v) is 7.25. The first-order chi connectivity index (χ1) is 6.36. The van der Waals surface area contributed by atoms with Crippen LogP contribution in [0.5, 0.6) is 0 Å². The molecule has 1 aromatic rings. The van der Waals surface area contributed by atoms with Crippen LogP contribution in [0.25, 0.3) is 0 Å². The molecular weight excluding hydrogens is 160 g/mol. The van der Waals surface area contributed by atoms with Gasteiger partial charge in [0, 0.05) is 12.0 Å². The van der Waals surface area contributed by atoms with Crippen LogP contribution in [0.1, 0.15) is 11.1 Å². The van der Waals surface area contributed by atoms with Crippen molar-refractivity contribution in [1.82, 2.24) is 0 Å². The van der Waals surface area contributed by atoms with E-state index in [4.69, 9.17) is 11.5 Å². The Morgan fingerprint density at radius 3 is 2.38 bits per heavy atom. The van der Waals surface area contributed by atoms with Gasteiger partial charge in [-0.1, -0.05) is 29.9 Å². The predicted octanol–water partition coefficient (Wildman–Crippen LogP) is 1.21. The molecule has 0 amide bonds. The quantitative estimate of drug-likeness (QED) is 0.628. The van der Waals surface area contributed by atoms with E-state index in [0.29, 0.717) is 6.42 Å². The van der Waals surface area contributed by atoms with Crippen molar-refractivity contribution in [3.05, 3.63) is 35.4 Å². The molecule has 0 spiro atoms. The molecule has 13 heavy (non-hydrogen) atoms. The van der Waals surface area contributed by atoms with E-state index in [9.17, 15) is 0 Å². The van der Waals surface area contributed by atoms with Crippen molar-refractivity contribution in [3.63, 3.8) is 0 Å². The Hall–Kier alpha value is -1.70. The van der Waals surface area contributed by atoms with Gasteiger partial charge in [0.05, 0.1) is 0 Å². The van der Waals surface area contributed by atoms with Gasteiger partial charge in [0.2, 0.25) is 0 Å². The highest BCUT2D eigenvalue weighted by Gasteiger charge is 1.89. The molecule has 1 aromatic carbocycles. The van der Waals surface area contributed by atoms with Crippen LogP contribution in [0.3, 0.4) is 0 Å². The second-order valence-corrected chi connectivity index (χ2v) is 2.53. The van der Waals surface area contributed by atoms with Crippen molar-refractivity contribution in [3.8, 4) is 24.2 Å². The maximum Gasteiger partial charge on any atom is 0.104 e. The third-order valence-electron chi connectivity index (χ3n) is 1.62. The molecule has 1 heteroatoms. The van der Waals surface area contributed by atoms with Gasteiger partial charge in [-0.15, -0.1) is 6.42 Å². The highest BCUT2D eigenvalue weighted by Crippen LogP contribution is 2.02. The molecular formula is C12H10O. The Morgan fingerprint density at radius 2 is 1.85 bits per heavy atom. The predicted molar refractivity (Wildman–Crippen MR) is 52.9 cm³/mol. The lowest BCUT2D eigenvalue weighted by Gasteiger charge is -1.94. The van der Waals surface area contributed by atoms with Crippen molar-refractivity contribution in [2.45, 2.75) is 6.42 Å². The van der Waals surface area contributed by atoms with Crippen LogP contribution in [-0.4, -0.2) is 11.7 Å². The monoisotopic (exact) mass is 170 g/mol. The molecule has 0 aromatic heterocycles. The number of hydrogen-bond donors (Lipinski definition) is 1. The smallest absolute Gasteiger partial charge is 0.104 e. The maximum absolute atomic E-state index is 8.43. The average molecular weight is 170 g/mol. The summed E-state index contributed by atoms with van der Waals surface area (Å²) in [4.78, 5) is 0. The largest absolute Gasteiger partial charge is 0.384 e. The molecule has 0 aliphatic carbocycles. The number of aliphatic hydroxyl groups excluding tert-OH is 1. The molecule has 0 heterocycles. The van der Waals surface area contributed by atoms with Gasteiger partial charge in [-0.05, 0) is 17.7 Å². The summed E-state index contributed by atoms with van der Waals surface area (Å²) in [5.74, 6) is 7.97. The van der Waals surface area contributed by atoms with E-state index in [0.717, 1.165) is 11.1 Å². The van der Waals surface area contributed by atoms with Crippen molar-refractivity contribution < 1.29 is 5.11 Å². The minimum absolute atomic E-state index is 0.0809. The second kappa shape index (κ2) is 5.04. The molecule has 0 atom stereocenters. The van der Waals surface area contributed by atoms with E-state index in [1.165, 1.54) is 0 Å². The maximum atomic E-state index is 8.43. The molecule has 0 aliphatic rings. The highest BCUT2D eigenvalue weighted by atomic mass is 16.2. The van der Waals surface area contributed by atoms with Crippen LogP contribution in [0.15, 0.2) is 24.3 Å². The Kier molecular flexibility index (Phi) is 3.64. The molecule has 0 saturated heterocycles. The van der Waals surface area contributed by atoms with E-state index in [1.54, 1.807) is 0 Å². The summed E-state index contributed by atoms with van der Waals surface area (Å²) >= 11 is 0. The fourth-order valence-corrected chi connectivity index (χ4v) is 0.939. The molecule has 0 saturated carbocycles. The minimum Gasteiger partial charge on any atom is -0.384 e. The summed E-state index contributed by atoms with van der Waals surface area (Å²) in [6.07, 6.45) is 5.87. The van der Waals surface area contributed by atoms with Crippen molar-refractivity contribution >= 4 is 0 Å². The van der Waals surface area contributed by atoms with E-state index in [1.807, 2.05) is 24.3 Å². The topological polar surface area (TPSA) is 20.2 Å². The highest BCUT2D eigenvalue weighted by molar-refractivity contribution is 5.35. The van der Waals surface area contributed by atoms with Gasteiger partial charge in [-0.2, -0.15) is 0 Å². The molecule has 0 fully saturated rings. The van der Waals surface area contributed by atoms with Gasteiger partial charge in [0.1, 0.15) is 6.61 Å². The van der Waals surface area contributed by atoms with Gasteiger partial charge in [0.15, 0.2) is 0 Å². The average Bonchev–Trinajstić information content (AvgIpc) is 2.19. The molecule has 0 unspecified atom stereocenters. The molecule has 64 valence electrons. The third-order valence-corrected chi connectivity index (χ3v) is 1.62. The number of terminal acetylenes is 1. The number of benzene rings is 1. The summed E-state index contributed by atoms with van der Waals surface area (Å²) in [7, 11) is 0. The Bertz CT molecular complexity index is 357. The molecule has 1 nitrogen and oxygen atoms in total. The number of aliphatic hydroxyl groups is 1. The summed E-state index contributed by atoms with van der Waals surface area (Å²) in [5.41, 5.74) is 1.99. The zero-order chi connectivity index (χ0) is 9.52. The first kappa shape index (κ1) is 9.39. The van der Waals surface area contributed by atoms with Crippen molar-refractivity contribution in [2.75, 3.05) is 6.61 Å². The lowest BCUT2D eigenvalue weighted by Crippen LogP contribution is -1.82. The second-order valence-electron chi connectivity index (χ2n) is 2.53. The van der Waals surface area contributed by atoms with E-state index >= 15 is 0 Å². The van der Waals surface area contributed by atoms with Crippen molar-refractivity contribution in [2.24, 2.45) is 0 Å². The Balaban J connectivity index is 2.65. The standard InChI is InChI=1S/C12H10O/c1-2-11-6-8-12(9-7-11)5-3-4-10-13/h1,6-9,13H,5,10H2. The zero-order valence-electron chi connectivity index (χ0n) is 7.25. The SMILES string of the molecule is C#Cc1ccc(CC#CCO)cc1. The van der Waals surface area contributed by atoms with Crippen LogP contribution >= 0.6 is 0 Å². The molecule has 1 N–H and O–H groups in total. The van der Waals surface area contributed by atoms with E-state index in [-0.39, 0.29) is 6.61 Å². The Labute approximate surface area is 78.4 Å². The van der Waals surface area contributed by atoms with Crippen LogP contribution < -0.4 is 0 Å². The van der Waals surface area contributed by atoms with Crippen LogP contribution in [0, 0.1) is 24.2 Å². The van der Waals surface area contributed by atoms with Gasteiger partial charge in [0.25, 0.3) is 0 Å². The first-order valence-corrected chi connectivity index (χ1v) is 3.99. The van der Waals surface area contributed by atoms with Gasteiger partial charge < -0.3 is 5.11 Å². The van der Waals surface area contributed by atoms with Gasteiger partial charge in [-0.3, -0.25) is 0 Å². The number of hydrogen-bond acceptors (Lipinski definition) is 1. The Morgan fingerprint density at radius 1 is 1.15 bits per heavy atom. The molecule has 0 radical (unpaired) electrons. The lowest BCUT2D eigenvalue weighted by molar-refractivity contribution is 0.350. The first-order valence-electron chi connectivity index (χ1n) is 3.99. The van der Waals surface area contributed by atoms with Crippen LogP contribution in [0.2, 0.25) is 0 Å². The summed E-state index contributed by atoms with van der Waals surface area (Å²) in [6, 6.07) is 7.66. The van der Waals surface area contributed by atoms with E-state index in [2.05, 4.69) is 17.8 Å². The summed E-state index contributed by atoms with van der Waals surface area (Å²) in [6.45, 7) is -0.0809. The van der Waals surface area contributed by atoms with Crippen LogP contribution in [-0.2, 0) is 6.42 Å². The van der Waals surface area contributed by atoms with Crippen molar-refractivity contribution in [1.29, 1.82) is 0 Å². The molecule has 0 bridgehead atoms. The fraction of sp³-hybridized carbons (Fsp3) is 0.167. The minimum atomic E-state index is -0.0809. The third kappa shape index (κ3) is 3.03. The molecule has 0 aliphatic heterocycles. The van der Waals surface area contributed by atoms with Crippen LogP contribution in [0.4, 0.5) is 0 Å². The van der Waals surface area contributed by atoms with E-state index < -0.39 is 0 Å². The van der Waals surface area contributed by atoms with Gasteiger partial charge >= 0.3 is 0 Å². The number of rotatable bonds is 1.